The van der Waals surface area contributed by atoms with E-state index in [1.807, 2.05) is 4.90 Å². The van der Waals surface area contributed by atoms with Crippen LogP contribution in [-0.4, -0.2) is 23.9 Å². The summed E-state index contributed by atoms with van der Waals surface area (Å²) in [5.41, 5.74) is 0. The van der Waals surface area contributed by atoms with E-state index in [-0.39, 0.29) is 0 Å². The third-order valence-electron chi connectivity index (χ3n) is 3.15. The van der Waals surface area contributed by atoms with Gasteiger partial charge in [-0.15, -0.1) is 0 Å². The van der Waals surface area contributed by atoms with Gasteiger partial charge in [0.1, 0.15) is 0 Å². The summed E-state index contributed by atoms with van der Waals surface area (Å²) in [5.74, 6) is 1.13. The Morgan fingerprint density at radius 2 is 1.83 bits per heavy atom. The molecule has 12 heavy (non-hydrogen) atoms. The molecule has 2 rings (SSSR count). The topological polar surface area (TPSA) is 20.3 Å². The summed E-state index contributed by atoms with van der Waals surface area (Å²) in [4.78, 5) is 13.5. The highest BCUT2D eigenvalue weighted by Crippen LogP contribution is 2.28. The molecule has 2 nitrogen and oxygen atoms in total. The molecule has 1 amide bonds. The second kappa shape index (κ2) is 3.46. The molecule has 0 spiro atoms. The number of hydrogen-bond donors (Lipinski definition) is 0. The molecule has 1 aliphatic carbocycles. The van der Waals surface area contributed by atoms with Gasteiger partial charge in [-0.05, 0) is 25.2 Å². The fraction of sp³-hybridized carbons (Fsp3) is 0.900. The van der Waals surface area contributed by atoms with Crippen LogP contribution in [0.4, 0.5) is 0 Å². The zero-order valence-electron chi connectivity index (χ0n) is 7.59. The lowest BCUT2D eigenvalue weighted by Crippen LogP contribution is -2.42. The highest BCUT2D eigenvalue weighted by atomic mass is 16.2. The lowest BCUT2D eigenvalue weighted by molar-refractivity contribution is -0.135. The van der Waals surface area contributed by atoms with E-state index < -0.39 is 0 Å². The maximum atomic E-state index is 11.5. The second-order valence-corrected chi connectivity index (χ2v) is 4.09. The zero-order valence-corrected chi connectivity index (χ0v) is 7.59. The van der Waals surface area contributed by atoms with Gasteiger partial charge in [-0.1, -0.05) is 12.8 Å². The summed E-state index contributed by atoms with van der Waals surface area (Å²) >= 11 is 0. The molecule has 1 saturated carbocycles. The van der Waals surface area contributed by atoms with Gasteiger partial charge in [0.25, 0.3) is 0 Å². The normalized spacial score (nSPS) is 24.2. The Labute approximate surface area is 73.9 Å². The Balaban J connectivity index is 1.73. The maximum absolute atomic E-state index is 11.5. The van der Waals surface area contributed by atoms with Crippen LogP contribution in [0.3, 0.4) is 0 Å². The van der Waals surface area contributed by atoms with Crippen molar-refractivity contribution in [3.05, 3.63) is 0 Å². The number of carbonyl (C=O) groups is 1. The average Bonchev–Trinajstić information content (AvgIpc) is 2.34. The summed E-state index contributed by atoms with van der Waals surface area (Å²) in [6.07, 6.45) is 7.32. The summed E-state index contributed by atoms with van der Waals surface area (Å²) in [6, 6.07) is 0. The predicted octanol–water partition coefficient (Wildman–Crippen LogP) is 1.80. The third-order valence-corrected chi connectivity index (χ3v) is 3.15. The molecule has 1 saturated heterocycles. The van der Waals surface area contributed by atoms with Crippen molar-refractivity contribution >= 4 is 5.91 Å². The molecule has 2 fully saturated rings. The zero-order chi connectivity index (χ0) is 8.39. The van der Waals surface area contributed by atoms with Crippen molar-refractivity contribution in [2.45, 2.75) is 38.5 Å². The number of carbonyl (C=O) groups excluding carboxylic acids is 1. The van der Waals surface area contributed by atoms with Crippen LogP contribution >= 0.6 is 0 Å². The average molecular weight is 167 g/mol. The standard InChI is InChI=1S/C10H17NO/c12-10(11-6-3-7-11)8-9-4-1-2-5-9/h9H,1-8H2. The van der Waals surface area contributed by atoms with Gasteiger partial charge in [0.05, 0.1) is 0 Å². The molecule has 2 heteroatoms. The Bertz CT molecular complexity index is 169. The van der Waals surface area contributed by atoms with E-state index in [1.165, 1.54) is 32.1 Å². The number of nitrogens with zero attached hydrogens (tertiary/aromatic N) is 1. The minimum atomic E-state index is 0.410. The van der Waals surface area contributed by atoms with Crippen molar-refractivity contribution in [3.8, 4) is 0 Å². The van der Waals surface area contributed by atoms with E-state index in [0.29, 0.717) is 5.91 Å². The minimum absolute atomic E-state index is 0.410. The van der Waals surface area contributed by atoms with Crippen LogP contribution in [0.15, 0.2) is 0 Å². The van der Waals surface area contributed by atoms with Gasteiger partial charge in [0.2, 0.25) is 5.91 Å². The van der Waals surface area contributed by atoms with Crippen molar-refractivity contribution in [1.29, 1.82) is 0 Å². The predicted molar refractivity (Wildman–Crippen MR) is 47.8 cm³/mol. The van der Waals surface area contributed by atoms with Crippen LogP contribution in [0.1, 0.15) is 38.5 Å². The van der Waals surface area contributed by atoms with E-state index in [4.69, 9.17) is 0 Å². The number of likely N-dealkylation sites (tertiary alicyclic amines) is 1. The Morgan fingerprint density at radius 3 is 2.33 bits per heavy atom. The van der Waals surface area contributed by atoms with Crippen molar-refractivity contribution in [2.75, 3.05) is 13.1 Å². The molecular formula is C10H17NO. The second-order valence-electron chi connectivity index (χ2n) is 4.09. The highest BCUT2D eigenvalue weighted by molar-refractivity contribution is 5.77. The Morgan fingerprint density at radius 1 is 1.17 bits per heavy atom. The number of hydrogen-bond acceptors (Lipinski definition) is 1. The van der Waals surface area contributed by atoms with Crippen LogP contribution < -0.4 is 0 Å². The molecule has 0 radical (unpaired) electrons. The van der Waals surface area contributed by atoms with E-state index in [1.54, 1.807) is 0 Å². The molecule has 0 aromatic rings. The monoisotopic (exact) mass is 167 g/mol. The van der Waals surface area contributed by atoms with Gasteiger partial charge in [0.15, 0.2) is 0 Å². The quantitative estimate of drug-likeness (QED) is 0.614. The summed E-state index contributed by atoms with van der Waals surface area (Å²) < 4.78 is 0. The molecule has 0 aromatic carbocycles. The largest absolute Gasteiger partial charge is 0.343 e. The van der Waals surface area contributed by atoms with Crippen LogP contribution in [0, 0.1) is 5.92 Å². The summed E-state index contributed by atoms with van der Waals surface area (Å²) in [7, 11) is 0. The maximum Gasteiger partial charge on any atom is 0.222 e. The molecule has 0 bridgehead atoms. The Hall–Kier alpha value is -0.530. The molecular weight excluding hydrogens is 150 g/mol. The van der Waals surface area contributed by atoms with Gasteiger partial charge in [-0.25, -0.2) is 0 Å². The van der Waals surface area contributed by atoms with E-state index >= 15 is 0 Å². The molecule has 1 heterocycles. The fourth-order valence-electron chi connectivity index (χ4n) is 2.16. The first-order valence-corrected chi connectivity index (χ1v) is 5.14. The van der Waals surface area contributed by atoms with Crippen LogP contribution in [-0.2, 0) is 4.79 Å². The first-order valence-electron chi connectivity index (χ1n) is 5.14. The first kappa shape index (κ1) is 8.09. The third kappa shape index (κ3) is 1.62. The smallest absolute Gasteiger partial charge is 0.222 e. The first-order chi connectivity index (χ1) is 5.86. The number of amides is 1. The molecule has 0 unspecified atom stereocenters. The van der Waals surface area contributed by atoms with Crippen LogP contribution in [0.2, 0.25) is 0 Å². The van der Waals surface area contributed by atoms with Crippen molar-refractivity contribution in [1.82, 2.24) is 4.90 Å². The minimum Gasteiger partial charge on any atom is -0.343 e. The molecule has 1 aliphatic heterocycles. The fourth-order valence-corrected chi connectivity index (χ4v) is 2.16. The SMILES string of the molecule is O=C(CC1CCCC1)N1CCC1. The molecule has 0 atom stereocenters. The van der Waals surface area contributed by atoms with E-state index in [2.05, 4.69) is 0 Å². The van der Waals surface area contributed by atoms with Crippen molar-refractivity contribution in [3.63, 3.8) is 0 Å². The van der Waals surface area contributed by atoms with Gasteiger partial charge in [0, 0.05) is 19.5 Å². The van der Waals surface area contributed by atoms with Crippen LogP contribution in [0.25, 0.3) is 0 Å². The van der Waals surface area contributed by atoms with Crippen LogP contribution in [0.5, 0.6) is 0 Å². The molecule has 68 valence electrons. The van der Waals surface area contributed by atoms with Gasteiger partial charge in [-0.2, -0.15) is 0 Å². The summed E-state index contributed by atoms with van der Waals surface area (Å²) in [5, 5.41) is 0. The molecule has 2 aliphatic rings. The van der Waals surface area contributed by atoms with E-state index in [0.717, 1.165) is 25.4 Å². The van der Waals surface area contributed by atoms with Crippen molar-refractivity contribution < 1.29 is 4.79 Å². The van der Waals surface area contributed by atoms with E-state index in [9.17, 15) is 4.79 Å². The summed E-state index contributed by atoms with van der Waals surface area (Å²) in [6.45, 7) is 2.04. The Kier molecular flexibility index (Phi) is 2.33. The van der Waals surface area contributed by atoms with Gasteiger partial charge in [-0.3, -0.25) is 4.79 Å². The highest BCUT2D eigenvalue weighted by Gasteiger charge is 2.24. The van der Waals surface area contributed by atoms with Gasteiger partial charge >= 0.3 is 0 Å². The lowest BCUT2D eigenvalue weighted by atomic mass is 10.0. The number of rotatable bonds is 2. The van der Waals surface area contributed by atoms with Gasteiger partial charge < -0.3 is 4.90 Å². The lowest BCUT2D eigenvalue weighted by Gasteiger charge is -2.31. The molecule has 0 aromatic heterocycles. The molecule has 0 N–H and O–H groups in total. The van der Waals surface area contributed by atoms with Crippen molar-refractivity contribution in [2.24, 2.45) is 5.92 Å².